The minimum Gasteiger partial charge on any atom is -0.459 e. The summed E-state index contributed by atoms with van der Waals surface area (Å²) in [4.78, 5) is 37.2. The molecule has 0 aliphatic heterocycles. The normalized spacial score (nSPS) is 33.5. The largest absolute Gasteiger partial charge is 0.459 e. The molecule has 39 heavy (non-hydrogen) atoms. The van der Waals surface area contributed by atoms with E-state index in [0.717, 1.165) is 18.4 Å². The third kappa shape index (κ3) is 7.77. The van der Waals surface area contributed by atoms with Crippen LogP contribution in [0.25, 0.3) is 0 Å². The Morgan fingerprint density at radius 2 is 1.72 bits per heavy atom. The minimum atomic E-state index is -1.28. The second kappa shape index (κ2) is 12.2. The number of aliphatic hydroxyl groups excluding tert-OH is 2. The Balaban J connectivity index is 2.03. The Bertz CT molecular complexity index is 1030. The minimum absolute atomic E-state index is 0.00409. The number of esters is 1. The van der Waals surface area contributed by atoms with Crippen molar-refractivity contribution in [2.45, 2.75) is 124 Å². The highest BCUT2D eigenvalue weighted by Crippen LogP contribution is 2.50. The van der Waals surface area contributed by atoms with Gasteiger partial charge in [0.2, 0.25) is 0 Å². The zero-order chi connectivity index (χ0) is 30.0. The Hall–Kier alpha value is -2.09. The molecule has 0 aromatic rings. The van der Waals surface area contributed by atoms with Gasteiger partial charge in [0.05, 0.1) is 17.8 Å². The fourth-order valence-corrected chi connectivity index (χ4v) is 6.65. The van der Waals surface area contributed by atoms with E-state index < -0.39 is 40.2 Å². The SMILES string of the molecule is CC(=O)O[C@@]1(C)CC[C@H](O)C(C)(C)[C@@H]1CC/C(C)=C/C[C@@H](O)/C=C(\C)C(=O)C[C@H]1C(C)(C)C(=O)C=C[C@]1(C)O. The average Bonchev–Trinajstić information content (AvgIpc) is 2.80. The van der Waals surface area contributed by atoms with Gasteiger partial charge in [0.15, 0.2) is 11.6 Å². The lowest BCUT2D eigenvalue weighted by Crippen LogP contribution is -2.55. The van der Waals surface area contributed by atoms with Crippen molar-refractivity contribution < 1.29 is 34.4 Å². The molecule has 0 aromatic heterocycles. The summed E-state index contributed by atoms with van der Waals surface area (Å²) in [6, 6.07) is 0. The van der Waals surface area contributed by atoms with Crippen molar-refractivity contribution in [2.24, 2.45) is 22.7 Å². The molecule has 1 saturated carbocycles. The van der Waals surface area contributed by atoms with Crippen LogP contribution < -0.4 is 0 Å². The van der Waals surface area contributed by atoms with Gasteiger partial charge < -0.3 is 20.1 Å². The van der Waals surface area contributed by atoms with Gasteiger partial charge in [-0.05, 0) is 89.0 Å². The van der Waals surface area contributed by atoms with Gasteiger partial charge in [0.25, 0.3) is 0 Å². The van der Waals surface area contributed by atoms with Crippen molar-refractivity contribution in [1.82, 2.24) is 0 Å². The number of carbonyl (C=O) groups excluding carboxylic acids is 3. The molecule has 0 amide bonds. The van der Waals surface area contributed by atoms with Crippen molar-refractivity contribution in [2.75, 3.05) is 0 Å². The first-order valence-electron chi connectivity index (χ1n) is 14.1. The molecule has 0 unspecified atom stereocenters. The van der Waals surface area contributed by atoms with Crippen molar-refractivity contribution >= 4 is 17.5 Å². The first-order chi connectivity index (χ1) is 17.7. The standard InChI is InChI=1S/C32H50O7/c1-20(11-13-25-29(4,5)28(37)15-17-32(25,9)39-22(3)33)10-12-23(34)18-21(2)24(35)19-26-30(6,7)27(36)14-16-31(26,8)38/h10,14,16,18,23,25-26,28,34,37-38H,11-13,15,17,19H2,1-9H3/b20-10+,21-18+/t23-,25+,26+,28+,31+,32+/m1/s1. The van der Waals surface area contributed by atoms with E-state index in [4.69, 9.17) is 4.74 Å². The summed E-state index contributed by atoms with van der Waals surface area (Å²) in [6.45, 7) is 16.2. The summed E-state index contributed by atoms with van der Waals surface area (Å²) in [7, 11) is 0. The molecule has 7 nitrogen and oxygen atoms in total. The fraction of sp³-hybridized carbons (Fsp3) is 0.719. The highest BCUT2D eigenvalue weighted by Gasteiger charge is 2.52. The molecule has 0 saturated heterocycles. The molecule has 0 heterocycles. The number of aliphatic hydroxyl groups is 3. The molecule has 0 spiro atoms. The van der Waals surface area contributed by atoms with Crippen molar-refractivity contribution in [3.63, 3.8) is 0 Å². The molecular weight excluding hydrogens is 496 g/mol. The van der Waals surface area contributed by atoms with E-state index in [1.807, 2.05) is 33.8 Å². The molecule has 0 bridgehead atoms. The summed E-state index contributed by atoms with van der Waals surface area (Å²) in [5.41, 5.74) is -1.75. The van der Waals surface area contributed by atoms with Crippen LogP contribution in [0.3, 0.4) is 0 Å². The van der Waals surface area contributed by atoms with Gasteiger partial charge in [0.1, 0.15) is 5.60 Å². The maximum absolute atomic E-state index is 13.0. The smallest absolute Gasteiger partial charge is 0.303 e. The van der Waals surface area contributed by atoms with Crippen LogP contribution in [0.2, 0.25) is 0 Å². The van der Waals surface area contributed by atoms with Crippen LogP contribution in [-0.4, -0.2) is 56.3 Å². The van der Waals surface area contributed by atoms with Crippen molar-refractivity contribution in [1.29, 1.82) is 0 Å². The van der Waals surface area contributed by atoms with Gasteiger partial charge in [0, 0.05) is 30.6 Å². The lowest BCUT2D eigenvalue weighted by Gasteiger charge is -2.52. The zero-order valence-electron chi connectivity index (χ0n) is 25.3. The molecule has 0 aromatic carbocycles. The predicted molar refractivity (Wildman–Crippen MR) is 152 cm³/mol. The Labute approximate surface area is 234 Å². The van der Waals surface area contributed by atoms with Crippen LogP contribution in [0.1, 0.15) is 101 Å². The van der Waals surface area contributed by atoms with E-state index >= 15 is 0 Å². The highest BCUT2D eigenvalue weighted by atomic mass is 16.6. The van der Waals surface area contributed by atoms with Crippen LogP contribution in [0.4, 0.5) is 0 Å². The van der Waals surface area contributed by atoms with E-state index in [0.29, 0.717) is 24.8 Å². The fourth-order valence-electron chi connectivity index (χ4n) is 6.65. The van der Waals surface area contributed by atoms with Gasteiger partial charge >= 0.3 is 5.97 Å². The first-order valence-corrected chi connectivity index (χ1v) is 14.1. The molecule has 2 aliphatic carbocycles. The number of rotatable bonds is 10. The maximum atomic E-state index is 13.0. The van der Waals surface area contributed by atoms with Gasteiger partial charge in [-0.1, -0.05) is 39.3 Å². The monoisotopic (exact) mass is 546 g/mol. The zero-order valence-corrected chi connectivity index (χ0v) is 25.3. The summed E-state index contributed by atoms with van der Waals surface area (Å²) < 4.78 is 5.77. The Kier molecular flexibility index (Phi) is 10.4. The summed E-state index contributed by atoms with van der Waals surface area (Å²) in [5.74, 6) is -1.25. The van der Waals surface area contributed by atoms with Crippen LogP contribution in [0, 0.1) is 22.7 Å². The molecule has 7 heteroatoms. The van der Waals surface area contributed by atoms with Gasteiger partial charge in [-0.25, -0.2) is 0 Å². The second-order valence-corrected chi connectivity index (χ2v) is 13.4. The number of hydrogen-bond donors (Lipinski definition) is 3. The molecule has 0 radical (unpaired) electrons. The third-order valence-electron chi connectivity index (χ3n) is 9.38. The van der Waals surface area contributed by atoms with E-state index in [2.05, 4.69) is 0 Å². The molecule has 6 atom stereocenters. The number of ether oxygens (including phenoxy) is 1. The number of allylic oxidation sites excluding steroid dienone is 3. The molecule has 2 rings (SSSR count). The summed E-state index contributed by atoms with van der Waals surface area (Å²) in [6.07, 6.45) is 7.99. The molecule has 1 fully saturated rings. The first kappa shape index (κ1) is 33.1. The molecule has 2 aliphatic rings. The lowest BCUT2D eigenvalue weighted by molar-refractivity contribution is -0.188. The molecule has 3 N–H and O–H groups in total. The quantitative estimate of drug-likeness (QED) is 0.200. The van der Waals surface area contributed by atoms with Gasteiger partial charge in [-0.2, -0.15) is 0 Å². The highest BCUT2D eigenvalue weighted by molar-refractivity contribution is 5.99. The Morgan fingerprint density at radius 3 is 2.31 bits per heavy atom. The van der Waals surface area contributed by atoms with Crippen molar-refractivity contribution in [3.8, 4) is 0 Å². The summed E-state index contributed by atoms with van der Waals surface area (Å²) in [5, 5.41) is 32.1. The third-order valence-corrected chi connectivity index (χ3v) is 9.38. The number of carbonyl (C=O) groups is 3. The van der Waals surface area contributed by atoms with E-state index in [1.165, 1.54) is 25.2 Å². The summed E-state index contributed by atoms with van der Waals surface area (Å²) >= 11 is 0. The number of hydrogen-bond acceptors (Lipinski definition) is 7. The number of ketones is 2. The van der Waals surface area contributed by atoms with Crippen LogP contribution in [0.15, 0.2) is 35.5 Å². The van der Waals surface area contributed by atoms with Gasteiger partial charge in [-0.3, -0.25) is 14.4 Å². The molecule has 220 valence electrons. The molecular formula is C32H50O7. The van der Waals surface area contributed by atoms with Crippen LogP contribution in [0.5, 0.6) is 0 Å². The average molecular weight is 547 g/mol. The number of Topliss-reactive ketones (excluding diaryl/α,β-unsaturated/α-hetero) is 1. The van der Waals surface area contributed by atoms with Crippen LogP contribution in [-0.2, 0) is 19.1 Å². The van der Waals surface area contributed by atoms with E-state index in [9.17, 15) is 29.7 Å². The lowest BCUT2D eigenvalue weighted by atomic mass is 9.58. The van der Waals surface area contributed by atoms with E-state index in [1.54, 1.807) is 27.7 Å². The van der Waals surface area contributed by atoms with Crippen molar-refractivity contribution in [3.05, 3.63) is 35.5 Å². The van der Waals surface area contributed by atoms with E-state index in [-0.39, 0.29) is 29.9 Å². The van der Waals surface area contributed by atoms with Gasteiger partial charge in [-0.15, -0.1) is 0 Å². The Morgan fingerprint density at radius 1 is 1.10 bits per heavy atom. The topological polar surface area (TPSA) is 121 Å². The second-order valence-electron chi connectivity index (χ2n) is 13.4. The predicted octanol–water partition coefficient (Wildman–Crippen LogP) is 5.02. The van der Waals surface area contributed by atoms with Crippen LogP contribution >= 0.6 is 0 Å². The maximum Gasteiger partial charge on any atom is 0.303 e.